The van der Waals surface area contributed by atoms with Gasteiger partial charge in [0.2, 0.25) is 0 Å². The smallest absolute Gasteiger partial charge is 0.145 e. The van der Waals surface area contributed by atoms with Gasteiger partial charge >= 0.3 is 0 Å². The van der Waals surface area contributed by atoms with Crippen molar-refractivity contribution in [3.05, 3.63) is 18.1 Å². The second-order valence-corrected chi connectivity index (χ2v) is 8.98. The summed E-state index contributed by atoms with van der Waals surface area (Å²) >= 11 is 0. The Morgan fingerprint density at radius 2 is 2.08 bits per heavy atom. The van der Waals surface area contributed by atoms with E-state index in [-0.39, 0.29) is 0 Å². The molecular weight excluding hydrogens is 334 g/mol. The Morgan fingerprint density at radius 3 is 2.72 bits per heavy atom. The van der Waals surface area contributed by atoms with Gasteiger partial charge in [-0.25, -0.2) is 9.97 Å². The van der Waals surface area contributed by atoms with Crippen LogP contribution in [0.2, 0.25) is 0 Å². The van der Waals surface area contributed by atoms with E-state index in [1.807, 2.05) is 13.8 Å². The van der Waals surface area contributed by atoms with Crippen LogP contribution in [0.1, 0.15) is 38.3 Å². The van der Waals surface area contributed by atoms with Crippen molar-refractivity contribution in [3.8, 4) is 0 Å². The van der Waals surface area contributed by atoms with E-state index < -0.39 is 10.8 Å². The molecule has 3 aliphatic rings. The van der Waals surface area contributed by atoms with Gasteiger partial charge in [0.15, 0.2) is 0 Å². The first-order chi connectivity index (χ1) is 12.1. The van der Waals surface area contributed by atoms with Gasteiger partial charge in [-0.1, -0.05) is 13.8 Å². The molecule has 25 heavy (non-hydrogen) atoms. The monoisotopic (exact) mass is 361 g/mol. The number of aryl methyl sites for hydroxylation is 1. The van der Waals surface area contributed by atoms with Crippen LogP contribution >= 0.6 is 0 Å². The Kier molecular flexibility index (Phi) is 4.32. The maximum atomic E-state index is 11.5. The molecule has 0 radical (unpaired) electrons. The van der Waals surface area contributed by atoms with Gasteiger partial charge in [-0.15, -0.1) is 0 Å². The first-order valence-electron chi connectivity index (χ1n) is 9.30. The molecule has 0 aromatic carbocycles. The lowest BCUT2D eigenvalue weighted by Crippen LogP contribution is -2.72. The normalized spacial score (nSPS) is 33.5. The predicted molar refractivity (Wildman–Crippen MR) is 102 cm³/mol. The van der Waals surface area contributed by atoms with Gasteiger partial charge in [-0.05, 0) is 31.2 Å². The largest absolute Gasteiger partial charge is 0.383 e. The number of rotatable bonds is 3. The van der Waals surface area contributed by atoms with Crippen LogP contribution in [0.4, 0.5) is 5.82 Å². The number of anilines is 1. The Hall–Kier alpha value is -1.47. The fourth-order valence-corrected chi connectivity index (χ4v) is 6.07. The number of nitrogen functional groups attached to an aromatic ring is 1. The van der Waals surface area contributed by atoms with Gasteiger partial charge in [0.25, 0.3) is 0 Å². The predicted octanol–water partition coefficient (Wildman–Crippen LogP) is 2.11. The summed E-state index contributed by atoms with van der Waals surface area (Å²) in [6.07, 6.45) is 6.13. The second kappa shape index (κ2) is 6.36. The molecule has 6 nitrogen and oxygen atoms in total. The van der Waals surface area contributed by atoms with Gasteiger partial charge in [0.05, 0.1) is 10.6 Å². The summed E-state index contributed by atoms with van der Waals surface area (Å²) in [5.74, 6) is 2.23. The van der Waals surface area contributed by atoms with Crippen LogP contribution in [0.5, 0.6) is 0 Å². The highest BCUT2D eigenvalue weighted by Crippen LogP contribution is 2.43. The third kappa shape index (κ3) is 2.59. The molecule has 5 rings (SSSR count). The molecule has 2 N–H and O–H groups in total. The molecule has 4 heterocycles. The van der Waals surface area contributed by atoms with E-state index in [0.717, 1.165) is 34.8 Å². The molecule has 3 atom stereocenters. The van der Waals surface area contributed by atoms with Crippen molar-refractivity contribution in [1.29, 1.82) is 0 Å². The summed E-state index contributed by atoms with van der Waals surface area (Å²) in [6.45, 7) is 8.30. The van der Waals surface area contributed by atoms with Crippen molar-refractivity contribution < 1.29 is 4.21 Å². The molecule has 136 valence electrons. The van der Waals surface area contributed by atoms with Crippen molar-refractivity contribution in [2.45, 2.75) is 50.9 Å². The molecule has 0 amide bonds. The lowest BCUT2D eigenvalue weighted by Gasteiger charge is -2.56. The maximum Gasteiger partial charge on any atom is 0.145 e. The lowest BCUT2D eigenvalue weighted by atomic mass is 9.78. The van der Waals surface area contributed by atoms with E-state index in [0.29, 0.717) is 23.2 Å². The summed E-state index contributed by atoms with van der Waals surface area (Å²) in [5.41, 5.74) is 8.12. The minimum absolute atomic E-state index is 0.488. The second-order valence-electron chi connectivity index (χ2n) is 7.28. The zero-order valence-electron chi connectivity index (χ0n) is 15.2. The zero-order valence-corrected chi connectivity index (χ0v) is 16.0. The van der Waals surface area contributed by atoms with Crippen molar-refractivity contribution in [2.75, 3.05) is 24.6 Å². The molecule has 1 aliphatic carbocycles. The summed E-state index contributed by atoms with van der Waals surface area (Å²) in [5, 5.41) is 1.49. The Bertz CT molecular complexity index is 813. The lowest BCUT2D eigenvalue weighted by molar-refractivity contribution is 0.0436. The highest BCUT2D eigenvalue weighted by molar-refractivity contribution is 7.87. The Balaban J connectivity index is 0.000000758. The maximum absolute atomic E-state index is 11.5. The van der Waals surface area contributed by atoms with Crippen LogP contribution in [0.3, 0.4) is 0 Å². The molecule has 2 aromatic heterocycles. The van der Waals surface area contributed by atoms with Crippen LogP contribution in [0.25, 0.3) is 11.0 Å². The van der Waals surface area contributed by atoms with Crippen LogP contribution in [-0.4, -0.2) is 53.8 Å². The Labute approximate surface area is 151 Å². The zero-order chi connectivity index (χ0) is 17.7. The fraction of sp³-hybridized carbons (Fsp3) is 0.667. The van der Waals surface area contributed by atoms with E-state index in [1.165, 1.54) is 19.4 Å². The van der Waals surface area contributed by atoms with Crippen molar-refractivity contribution in [1.82, 2.24) is 19.4 Å². The van der Waals surface area contributed by atoms with Crippen LogP contribution in [-0.2, 0) is 10.8 Å². The molecule has 0 bridgehead atoms. The highest BCUT2D eigenvalue weighted by atomic mass is 32.2. The molecule has 7 heteroatoms. The van der Waals surface area contributed by atoms with E-state index >= 15 is 0 Å². The van der Waals surface area contributed by atoms with E-state index in [1.54, 1.807) is 6.33 Å². The molecule has 2 aliphatic heterocycles. The van der Waals surface area contributed by atoms with Gasteiger partial charge < -0.3 is 10.3 Å². The first kappa shape index (κ1) is 17.0. The third-order valence-electron chi connectivity index (χ3n) is 5.91. The highest BCUT2D eigenvalue weighted by Gasteiger charge is 2.52. The number of aromatic nitrogens is 3. The molecule has 1 saturated carbocycles. The summed E-state index contributed by atoms with van der Waals surface area (Å²) in [6, 6.07) is 1.15. The summed E-state index contributed by atoms with van der Waals surface area (Å²) in [4.78, 5) is 11.1. The number of nitrogens with two attached hydrogens (primary N) is 1. The molecule has 3 unspecified atom stereocenters. The van der Waals surface area contributed by atoms with E-state index in [4.69, 9.17) is 5.73 Å². The third-order valence-corrected chi connectivity index (χ3v) is 7.72. The minimum atomic E-state index is -0.523. The SMILES string of the molecule is CC.Cc1cn(C2CC(CN3CC4C3CS4=O)C2)c2ncnc(N)c12. The molecule has 3 fully saturated rings. The molecule has 0 spiro atoms. The average Bonchev–Trinajstić information content (AvgIpc) is 2.90. The van der Waals surface area contributed by atoms with Crippen LogP contribution in [0.15, 0.2) is 12.5 Å². The number of nitrogens with zero attached hydrogens (tertiary/aromatic N) is 4. The quantitative estimate of drug-likeness (QED) is 0.906. The summed E-state index contributed by atoms with van der Waals surface area (Å²) in [7, 11) is -0.523. The van der Waals surface area contributed by atoms with Crippen molar-refractivity contribution in [3.63, 3.8) is 0 Å². The number of hydrogen-bond acceptors (Lipinski definition) is 5. The van der Waals surface area contributed by atoms with Gasteiger partial charge in [0.1, 0.15) is 17.8 Å². The van der Waals surface area contributed by atoms with Gasteiger partial charge in [0, 0.05) is 47.9 Å². The van der Waals surface area contributed by atoms with E-state index in [2.05, 4.69) is 32.6 Å². The topological polar surface area (TPSA) is 77.0 Å². The number of likely N-dealkylation sites (tertiary alicyclic amines) is 1. The van der Waals surface area contributed by atoms with Crippen LogP contribution in [0, 0.1) is 12.8 Å². The van der Waals surface area contributed by atoms with E-state index in [9.17, 15) is 4.21 Å². The van der Waals surface area contributed by atoms with Crippen molar-refractivity contribution in [2.24, 2.45) is 5.92 Å². The number of hydrogen-bond donors (Lipinski definition) is 1. The van der Waals surface area contributed by atoms with Gasteiger partial charge in [-0.3, -0.25) is 9.11 Å². The van der Waals surface area contributed by atoms with Crippen LogP contribution < -0.4 is 5.73 Å². The van der Waals surface area contributed by atoms with Gasteiger partial charge in [-0.2, -0.15) is 0 Å². The average molecular weight is 362 g/mol. The molecule has 2 aromatic rings. The Morgan fingerprint density at radius 1 is 1.32 bits per heavy atom. The number of fused-ring (bicyclic) bond motifs is 2. The first-order valence-corrected chi connectivity index (χ1v) is 10.7. The molecule has 2 saturated heterocycles. The molecular formula is C18H27N5OS. The minimum Gasteiger partial charge on any atom is -0.383 e. The standard InChI is InChI=1S/C16H21N5OS.C2H6/c1-9-4-21(16-14(9)15(17)18-8-19-16)11-2-10(3-11)5-20-6-13-12(20)7-23(13)22;1-2/h4,8,10-13H,2-3,5-7H2,1H3,(H2,17,18,19);1-2H3. The summed E-state index contributed by atoms with van der Waals surface area (Å²) < 4.78 is 13.7. The fourth-order valence-electron chi connectivity index (χ4n) is 4.42. The van der Waals surface area contributed by atoms with Crippen molar-refractivity contribution >= 4 is 27.7 Å².